The average molecular weight is 365 g/mol. The van der Waals surface area contributed by atoms with Crippen LogP contribution in [0.4, 0.5) is 8.78 Å². The first-order chi connectivity index (χ1) is 12.4. The fourth-order valence-electron chi connectivity index (χ4n) is 3.14. The number of amides is 1. The van der Waals surface area contributed by atoms with Gasteiger partial charge in [0.15, 0.2) is 17.2 Å². The van der Waals surface area contributed by atoms with Crippen molar-refractivity contribution >= 4 is 5.91 Å². The van der Waals surface area contributed by atoms with E-state index in [4.69, 9.17) is 4.52 Å². The van der Waals surface area contributed by atoms with Gasteiger partial charge in [-0.05, 0) is 37.5 Å². The second kappa shape index (κ2) is 7.51. The molecule has 0 radical (unpaired) electrons. The van der Waals surface area contributed by atoms with Crippen molar-refractivity contribution in [3.8, 4) is 0 Å². The predicted molar refractivity (Wildman–Crippen MR) is 88.9 cm³/mol. The summed E-state index contributed by atoms with van der Waals surface area (Å²) in [6.07, 6.45) is 0.960. The lowest BCUT2D eigenvalue weighted by Crippen LogP contribution is -2.57. The molecular formula is C18H21F2N3O3. The highest BCUT2D eigenvalue weighted by Gasteiger charge is 2.41. The number of hydrogen-bond acceptors (Lipinski definition) is 5. The van der Waals surface area contributed by atoms with E-state index in [9.17, 15) is 18.7 Å². The van der Waals surface area contributed by atoms with Crippen molar-refractivity contribution < 1.29 is 23.2 Å². The highest BCUT2D eigenvalue weighted by Crippen LogP contribution is 2.24. The first kappa shape index (κ1) is 18.5. The van der Waals surface area contributed by atoms with E-state index in [1.54, 1.807) is 13.0 Å². The summed E-state index contributed by atoms with van der Waals surface area (Å²) in [4.78, 5) is 14.2. The first-order valence-electron chi connectivity index (χ1n) is 8.46. The van der Waals surface area contributed by atoms with Crippen LogP contribution in [-0.2, 0) is 17.9 Å². The van der Waals surface area contributed by atoms with Crippen molar-refractivity contribution in [1.82, 2.24) is 15.4 Å². The highest BCUT2D eigenvalue weighted by molar-refractivity contribution is 5.86. The van der Waals surface area contributed by atoms with Crippen LogP contribution in [0.3, 0.4) is 0 Å². The number of carbonyl (C=O) groups is 1. The number of halogens is 2. The van der Waals surface area contributed by atoms with Gasteiger partial charge in [-0.1, -0.05) is 11.2 Å². The second-order valence-corrected chi connectivity index (χ2v) is 6.64. The Morgan fingerprint density at radius 3 is 2.85 bits per heavy atom. The molecular weight excluding hydrogens is 344 g/mol. The third-order valence-corrected chi connectivity index (χ3v) is 4.46. The number of aryl methyl sites for hydroxylation is 1. The number of rotatable bonds is 6. The zero-order valence-corrected chi connectivity index (χ0v) is 14.5. The summed E-state index contributed by atoms with van der Waals surface area (Å²) in [5.74, 6) is -1.61. The van der Waals surface area contributed by atoms with Gasteiger partial charge < -0.3 is 19.8 Å². The van der Waals surface area contributed by atoms with Gasteiger partial charge in [-0.15, -0.1) is 0 Å². The van der Waals surface area contributed by atoms with E-state index in [2.05, 4.69) is 10.5 Å². The number of nitrogens with zero attached hydrogens (tertiary/aromatic N) is 2. The normalized spacial score (nSPS) is 20.6. The van der Waals surface area contributed by atoms with E-state index in [1.807, 2.05) is 0 Å². The topological polar surface area (TPSA) is 78.6 Å². The average Bonchev–Trinajstić information content (AvgIpc) is 3.01. The highest BCUT2D eigenvalue weighted by atomic mass is 19.2. The Balaban J connectivity index is 1.61. The lowest BCUT2D eigenvalue weighted by Gasteiger charge is -2.38. The molecule has 0 unspecified atom stereocenters. The summed E-state index contributed by atoms with van der Waals surface area (Å²) in [6.45, 7) is 2.82. The van der Waals surface area contributed by atoms with Crippen LogP contribution in [0.15, 0.2) is 28.8 Å². The maximum absolute atomic E-state index is 13.4. The summed E-state index contributed by atoms with van der Waals surface area (Å²) >= 11 is 0. The molecule has 0 spiro atoms. The largest absolute Gasteiger partial charge is 0.379 e. The molecule has 26 heavy (non-hydrogen) atoms. The first-order valence-corrected chi connectivity index (χ1v) is 8.46. The van der Waals surface area contributed by atoms with E-state index in [1.165, 1.54) is 11.0 Å². The van der Waals surface area contributed by atoms with Gasteiger partial charge in [0.05, 0.1) is 5.69 Å². The van der Waals surface area contributed by atoms with Crippen LogP contribution in [0.1, 0.15) is 29.9 Å². The summed E-state index contributed by atoms with van der Waals surface area (Å²) in [5, 5.41) is 17.6. The molecule has 2 heterocycles. The summed E-state index contributed by atoms with van der Waals surface area (Å²) < 4.78 is 31.4. The Hall–Kier alpha value is -2.32. The number of nitrogens with one attached hydrogen (secondary N) is 1. The number of carbonyl (C=O) groups excluding carboxylic acids is 1. The maximum atomic E-state index is 13.4. The summed E-state index contributed by atoms with van der Waals surface area (Å²) in [7, 11) is 0. The van der Waals surface area contributed by atoms with Crippen LogP contribution < -0.4 is 5.32 Å². The number of piperidine rings is 1. The Morgan fingerprint density at radius 1 is 1.35 bits per heavy atom. The number of likely N-dealkylation sites (tertiary alicyclic amines) is 1. The lowest BCUT2D eigenvalue weighted by molar-refractivity contribution is -0.157. The van der Waals surface area contributed by atoms with Crippen molar-refractivity contribution in [3.63, 3.8) is 0 Å². The quantitative estimate of drug-likeness (QED) is 0.818. The smallest absolute Gasteiger partial charge is 0.256 e. The molecule has 3 rings (SSSR count). The van der Waals surface area contributed by atoms with Crippen molar-refractivity contribution in [3.05, 3.63) is 52.9 Å². The Labute approximate surface area is 149 Å². The predicted octanol–water partition coefficient (Wildman–Crippen LogP) is 1.90. The van der Waals surface area contributed by atoms with Gasteiger partial charge in [0.25, 0.3) is 5.91 Å². The molecule has 6 nitrogen and oxygen atoms in total. The van der Waals surface area contributed by atoms with Crippen LogP contribution in [0.5, 0.6) is 0 Å². The zero-order chi connectivity index (χ0) is 18.7. The van der Waals surface area contributed by atoms with Crippen LogP contribution in [0, 0.1) is 18.6 Å². The molecule has 1 amide bonds. The number of benzene rings is 1. The minimum Gasteiger partial charge on any atom is -0.379 e. The molecule has 0 aliphatic carbocycles. The molecule has 140 valence electrons. The standard InChI is InChI=1S/C18H21F2N3O3/c1-12-7-14(22-26-12)9-21-11-18(25)5-2-6-23(17(18)24)10-13-3-4-15(19)16(20)8-13/h3-4,7-8,21,25H,2,5-6,9-11H2,1H3/t18-/m1/s1. The van der Waals surface area contributed by atoms with Gasteiger partial charge >= 0.3 is 0 Å². The molecule has 0 bridgehead atoms. The molecule has 1 saturated heterocycles. The van der Waals surface area contributed by atoms with Crippen molar-refractivity contribution in [2.45, 2.75) is 38.5 Å². The van der Waals surface area contributed by atoms with Crippen molar-refractivity contribution in [2.24, 2.45) is 0 Å². The molecule has 1 atom stereocenters. The summed E-state index contributed by atoms with van der Waals surface area (Å²) in [5.41, 5.74) is -0.365. The molecule has 2 N–H and O–H groups in total. The molecule has 1 aromatic heterocycles. The molecule has 0 saturated carbocycles. The van der Waals surface area contributed by atoms with Crippen LogP contribution >= 0.6 is 0 Å². The Bertz CT molecular complexity index is 796. The van der Waals surface area contributed by atoms with Crippen LogP contribution in [-0.4, -0.2) is 39.8 Å². The Kier molecular flexibility index (Phi) is 5.33. The van der Waals surface area contributed by atoms with Gasteiger partial charge in [0, 0.05) is 32.2 Å². The molecule has 1 fully saturated rings. The van der Waals surface area contributed by atoms with Crippen molar-refractivity contribution in [1.29, 1.82) is 0 Å². The van der Waals surface area contributed by atoms with Gasteiger partial charge in [-0.3, -0.25) is 4.79 Å². The maximum Gasteiger partial charge on any atom is 0.256 e. The molecule has 1 aliphatic heterocycles. The minimum absolute atomic E-state index is 0.0754. The monoisotopic (exact) mass is 365 g/mol. The zero-order valence-electron chi connectivity index (χ0n) is 14.5. The van der Waals surface area contributed by atoms with E-state index in [0.717, 1.165) is 12.1 Å². The van der Waals surface area contributed by atoms with E-state index in [-0.39, 0.29) is 13.1 Å². The van der Waals surface area contributed by atoms with E-state index in [0.29, 0.717) is 42.9 Å². The SMILES string of the molecule is Cc1cc(CNC[C@]2(O)CCCN(Cc3ccc(F)c(F)c3)C2=O)no1. The molecule has 2 aromatic rings. The van der Waals surface area contributed by atoms with Gasteiger partial charge in [0.2, 0.25) is 0 Å². The lowest BCUT2D eigenvalue weighted by atomic mass is 9.91. The summed E-state index contributed by atoms with van der Waals surface area (Å²) in [6, 6.07) is 5.31. The minimum atomic E-state index is -1.53. The fourth-order valence-corrected chi connectivity index (χ4v) is 3.14. The van der Waals surface area contributed by atoms with Crippen molar-refractivity contribution in [2.75, 3.05) is 13.1 Å². The fraction of sp³-hybridized carbons (Fsp3) is 0.444. The molecule has 1 aromatic carbocycles. The number of hydrogen-bond donors (Lipinski definition) is 2. The molecule has 8 heteroatoms. The van der Waals surface area contributed by atoms with Crippen LogP contribution in [0.25, 0.3) is 0 Å². The number of aliphatic hydroxyl groups is 1. The van der Waals surface area contributed by atoms with E-state index >= 15 is 0 Å². The van der Waals surface area contributed by atoms with Gasteiger partial charge in [-0.25, -0.2) is 8.78 Å². The van der Waals surface area contributed by atoms with E-state index < -0.39 is 23.1 Å². The Morgan fingerprint density at radius 2 is 2.15 bits per heavy atom. The third kappa shape index (κ3) is 4.08. The second-order valence-electron chi connectivity index (χ2n) is 6.64. The van der Waals surface area contributed by atoms with Crippen LogP contribution in [0.2, 0.25) is 0 Å². The third-order valence-electron chi connectivity index (χ3n) is 4.46. The number of aromatic nitrogens is 1. The molecule has 1 aliphatic rings. The van der Waals surface area contributed by atoms with Gasteiger partial charge in [-0.2, -0.15) is 0 Å². The van der Waals surface area contributed by atoms with Gasteiger partial charge in [0.1, 0.15) is 5.76 Å².